The first-order valence-electron chi connectivity index (χ1n) is 10.7. The van der Waals surface area contributed by atoms with Gasteiger partial charge in [0.1, 0.15) is 11.6 Å². The number of nitrogens with one attached hydrogen (secondary N) is 1. The molecule has 0 saturated carbocycles. The Kier molecular flexibility index (Phi) is 6.18. The van der Waals surface area contributed by atoms with E-state index in [0.717, 1.165) is 24.9 Å². The summed E-state index contributed by atoms with van der Waals surface area (Å²) in [6.45, 7) is 4.77. The van der Waals surface area contributed by atoms with Crippen LogP contribution in [0.2, 0.25) is 0 Å². The summed E-state index contributed by atoms with van der Waals surface area (Å²) < 4.78 is 15.3. The smallest absolute Gasteiger partial charge is 0.271 e. The molecule has 4 rings (SSSR count). The molecular formula is C23H28FN5O2. The number of amides is 1. The van der Waals surface area contributed by atoms with Crippen LogP contribution in [0.1, 0.15) is 55.2 Å². The van der Waals surface area contributed by atoms with Crippen LogP contribution in [0.25, 0.3) is 5.65 Å². The molecule has 0 bridgehead atoms. The van der Waals surface area contributed by atoms with Crippen molar-refractivity contribution in [1.29, 1.82) is 0 Å². The first-order valence-corrected chi connectivity index (χ1v) is 10.7. The maximum Gasteiger partial charge on any atom is 0.271 e. The van der Waals surface area contributed by atoms with Gasteiger partial charge in [-0.15, -0.1) is 5.10 Å². The highest BCUT2D eigenvalue weighted by Crippen LogP contribution is 2.35. The second-order valence-electron chi connectivity index (χ2n) is 8.49. The number of imidazole rings is 1. The van der Waals surface area contributed by atoms with Gasteiger partial charge in [-0.25, -0.2) is 13.9 Å². The third-order valence-electron chi connectivity index (χ3n) is 5.67. The van der Waals surface area contributed by atoms with Crippen LogP contribution >= 0.6 is 0 Å². The molecule has 1 aliphatic rings. The number of anilines is 1. The van der Waals surface area contributed by atoms with E-state index in [0.29, 0.717) is 29.5 Å². The molecule has 31 heavy (non-hydrogen) atoms. The van der Waals surface area contributed by atoms with Crippen molar-refractivity contribution in [2.24, 2.45) is 5.92 Å². The molecule has 2 atom stereocenters. The van der Waals surface area contributed by atoms with Crippen molar-refractivity contribution in [3.8, 4) is 0 Å². The number of halogens is 1. The molecule has 3 aromatic rings. The number of nitrogens with zero attached hydrogens (tertiary/aromatic N) is 4. The normalized spacial score (nSPS) is 17.5. The fourth-order valence-electron chi connectivity index (χ4n) is 4.28. The van der Waals surface area contributed by atoms with Gasteiger partial charge in [-0.2, -0.15) is 0 Å². The molecule has 2 unspecified atom stereocenters. The predicted molar refractivity (Wildman–Crippen MR) is 117 cm³/mol. The van der Waals surface area contributed by atoms with Crippen LogP contribution in [0.5, 0.6) is 0 Å². The number of aliphatic hydroxyl groups excluding tert-OH is 1. The molecule has 1 saturated heterocycles. The quantitative estimate of drug-likeness (QED) is 0.607. The van der Waals surface area contributed by atoms with Crippen molar-refractivity contribution < 1.29 is 14.3 Å². The number of carbonyl (C=O) groups excluding carboxylic acids is 1. The van der Waals surface area contributed by atoms with Crippen molar-refractivity contribution in [1.82, 2.24) is 19.9 Å². The van der Waals surface area contributed by atoms with E-state index in [2.05, 4.69) is 15.2 Å². The molecule has 3 heterocycles. The largest absolute Gasteiger partial charge is 0.394 e. The molecule has 8 heteroatoms. The van der Waals surface area contributed by atoms with Crippen LogP contribution in [0.3, 0.4) is 0 Å². The van der Waals surface area contributed by atoms with Crippen LogP contribution < -0.4 is 10.2 Å². The summed E-state index contributed by atoms with van der Waals surface area (Å²) in [5.41, 5.74) is 1.81. The number of hydrogen-bond donors (Lipinski definition) is 2. The van der Waals surface area contributed by atoms with Crippen LogP contribution in [-0.2, 0) is 0 Å². The van der Waals surface area contributed by atoms with Crippen LogP contribution in [0.4, 0.5) is 10.2 Å². The van der Waals surface area contributed by atoms with E-state index in [-0.39, 0.29) is 30.4 Å². The molecule has 1 aliphatic heterocycles. The van der Waals surface area contributed by atoms with Gasteiger partial charge < -0.3 is 15.3 Å². The summed E-state index contributed by atoms with van der Waals surface area (Å²) in [5, 5.41) is 17.2. The molecule has 2 aromatic heterocycles. The lowest BCUT2D eigenvalue weighted by atomic mass is 10.0. The molecule has 1 amide bonds. The van der Waals surface area contributed by atoms with Gasteiger partial charge in [0.15, 0.2) is 11.3 Å². The molecule has 7 nitrogen and oxygen atoms in total. The van der Waals surface area contributed by atoms with Crippen molar-refractivity contribution in [2.75, 3.05) is 18.1 Å². The predicted octanol–water partition coefficient (Wildman–Crippen LogP) is 3.35. The van der Waals surface area contributed by atoms with Crippen molar-refractivity contribution >= 4 is 17.4 Å². The molecule has 164 valence electrons. The Bertz CT molecular complexity index is 1070. The van der Waals surface area contributed by atoms with Crippen molar-refractivity contribution in [3.63, 3.8) is 0 Å². The highest BCUT2D eigenvalue weighted by molar-refractivity contribution is 5.93. The molecule has 0 spiro atoms. The Hall–Kier alpha value is -3.00. The third-order valence-corrected chi connectivity index (χ3v) is 5.67. The number of hydrogen-bond acceptors (Lipinski definition) is 5. The van der Waals surface area contributed by atoms with E-state index >= 15 is 0 Å². The van der Waals surface area contributed by atoms with Crippen LogP contribution in [-0.4, -0.2) is 44.8 Å². The van der Waals surface area contributed by atoms with Crippen LogP contribution in [0.15, 0.2) is 42.6 Å². The SMILES string of the molecule is CC(C)CC(CO)NC(=O)c1cnc2ccc(N3CCCC3c3cccc(F)c3)nn12. The lowest BCUT2D eigenvalue weighted by Crippen LogP contribution is -2.39. The Morgan fingerprint density at radius 1 is 1.32 bits per heavy atom. The minimum Gasteiger partial charge on any atom is -0.394 e. The summed E-state index contributed by atoms with van der Waals surface area (Å²) in [7, 11) is 0. The lowest BCUT2D eigenvalue weighted by Gasteiger charge is -2.26. The van der Waals surface area contributed by atoms with E-state index in [1.165, 1.54) is 16.8 Å². The summed E-state index contributed by atoms with van der Waals surface area (Å²) in [6, 6.07) is 10.1. The number of fused-ring (bicyclic) bond motifs is 1. The Morgan fingerprint density at radius 2 is 2.16 bits per heavy atom. The first-order chi connectivity index (χ1) is 15.0. The number of aliphatic hydroxyl groups is 1. The highest BCUT2D eigenvalue weighted by atomic mass is 19.1. The van der Waals surface area contributed by atoms with Gasteiger partial charge >= 0.3 is 0 Å². The average molecular weight is 426 g/mol. The molecule has 2 N–H and O–H groups in total. The maximum atomic E-state index is 13.8. The zero-order chi connectivity index (χ0) is 22.0. The van der Waals surface area contributed by atoms with E-state index in [1.807, 2.05) is 32.0 Å². The van der Waals surface area contributed by atoms with Gasteiger partial charge in [-0.1, -0.05) is 26.0 Å². The lowest BCUT2D eigenvalue weighted by molar-refractivity contribution is 0.0901. The van der Waals surface area contributed by atoms with Gasteiger partial charge in [0.2, 0.25) is 0 Å². The third kappa shape index (κ3) is 4.54. The molecular weight excluding hydrogens is 397 g/mol. The van der Waals surface area contributed by atoms with E-state index < -0.39 is 0 Å². The summed E-state index contributed by atoms with van der Waals surface area (Å²) in [4.78, 5) is 19.3. The minimum atomic E-state index is -0.322. The number of carbonyl (C=O) groups is 1. The van der Waals surface area contributed by atoms with Crippen LogP contribution in [0, 0.1) is 11.7 Å². The summed E-state index contributed by atoms with van der Waals surface area (Å²) in [5.74, 6) is 0.493. The second kappa shape index (κ2) is 9.01. The molecule has 0 radical (unpaired) electrons. The molecule has 1 fully saturated rings. The zero-order valence-electron chi connectivity index (χ0n) is 17.8. The van der Waals surface area contributed by atoms with Crippen molar-refractivity contribution in [2.45, 2.75) is 45.2 Å². The number of aromatic nitrogens is 3. The van der Waals surface area contributed by atoms with E-state index in [1.54, 1.807) is 12.1 Å². The van der Waals surface area contributed by atoms with Gasteiger partial charge in [0.05, 0.1) is 24.9 Å². The topological polar surface area (TPSA) is 82.8 Å². The van der Waals surface area contributed by atoms with Crippen molar-refractivity contribution in [3.05, 3.63) is 59.7 Å². The highest BCUT2D eigenvalue weighted by Gasteiger charge is 2.28. The fraction of sp³-hybridized carbons (Fsp3) is 0.435. The Morgan fingerprint density at radius 3 is 2.90 bits per heavy atom. The zero-order valence-corrected chi connectivity index (χ0v) is 17.8. The first kappa shape index (κ1) is 21.2. The monoisotopic (exact) mass is 425 g/mol. The summed E-state index contributed by atoms with van der Waals surface area (Å²) >= 11 is 0. The average Bonchev–Trinajstić information content (AvgIpc) is 3.39. The Balaban J connectivity index is 1.61. The minimum absolute atomic E-state index is 0.0336. The fourth-order valence-corrected chi connectivity index (χ4v) is 4.28. The number of benzene rings is 1. The van der Waals surface area contributed by atoms with Gasteiger partial charge in [-0.05, 0) is 55.0 Å². The molecule has 1 aromatic carbocycles. The van der Waals surface area contributed by atoms with Gasteiger partial charge in [0, 0.05) is 6.54 Å². The van der Waals surface area contributed by atoms with E-state index in [4.69, 9.17) is 5.10 Å². The van der Waals surface area contributed by atoms with Gasteiger partial charge in [-0.3, -0.25) is 4.79 Å². The number of rotatable bonds is 7. The van der Waals surface area contributed by atoms with E-state index in [9.17, 15) is 14.3 Å². The second-order valence-corrected chi connectivity index (χ2v) is 8.49. The Labute approximate surface area is 180 Å². The standard InChI is InChI=1S/C23H28FN5O2/c1-15(2)11-18(14-30)26-23(31)20-13-25-21-8-9-22(27-29(20)21)28-10-4-7-19(28)16-5-3-6-17(24)12-16/h3,5-6,8-9,12-13,15,18-19,30H,4,7,10-11,14H2,1-2H3,(H,26,31). The van der Waals surface area contributed by atoms with Gasteiger partial charge in [0.25, 0.3) is 5.91 Å². The molecule has 0 aliphatic carbocycles. The summed E-state index contributed by atoms with van der Waals surface area (Å²) in [6.07, 6.45) is 4.07. The maximum absolute atomic E-state index is 13.8.